The number of hydrogen-bond donors (Lipinski definition) is 1. The van der Waals surface area contributed by atoms with Crippen LogP contribution in [0.4, 0.5) is 0 Å². The van der Waals surface area contributed by atoms with E-state index in [-0.39, 0.29) is 18.6 Å². The van der Waals surface area contributed by atoms with Crippen molar-refractivity contribution in [3.05, 3.63) is 52.9 Å². The fourth-order valence-corrected chi connectivity index (χ4v) is 2.04. The number of halogens is 1. The van der Waals surface area contributed by atoms with E-state index in [4.69, 9.17) is 20.8 Å². The van der Waals surface area contributed by atoms with Crippen molar-refractivity contribution >= 4 is 17.5 Å². The third kappa shape index (κ3) is 3.78. The Kier molecular flexibility index (Phi) is 4.69. The van der Waals surface area contributed by atoms with Gasteiger partial charge in [-0.15, -0.1) is 0 Å². The molecule has 0 saturated carbocycles. The average molecular weight is 294 g/mol. The van der Waals surface area contributed by atoms with Crippen molar-refractivity contribution in [1.82, 2.24) is 5.32 Å². The molecule has 5 heteroatoms. The summed E-state index contributed by atoms with van der Waals surface area (Å²) in [6.45, 7) is 3.68. The summed E-state index contributed by atoms with van der Waals surface area (Å²) in [6, 6.07) is 8.68. The number of benzene rings is 1. The molecule has 0 aliphatic heterocycles. The molecule has 2 rings (SSSR count). The summed E-state index contributed by atoms with van der Waals surface area (Å²) in [7, 11) is 0. The molecular formula is C15H16ClNO3. The number of ether oxygens (including phenoxy) is 1. The molecule has 2 aromatic rings. The van der Waals surface area contributed by atoms with Crippen molar-refractivity contribution in [3.63, 3.8) is 0 Å². The maximum absolute atomic E-state index is 11.8. The Hall–Kier alpha value is -1.94. The summed E-state index contributed by atoms with van der Waals surface area (Å²) >= 11 is 5.86. The zero-order valence-electron chi connectivity index (χ0n) is 11.4. The van der Waals surface area contributed by atoms with Crippen LogP contribution in [0.1, 0.15) is 24.3 Å². The highest BCUT2D eigenvalue weighted by Crippen LogP contribution is 2.21. The first-order valence-electron chi connectivity index (χ1n) is 6.28. The van der Waals surface area contributed by atoms with Gasteiger partial charge < -0.3 is 14.5 Å². The third-order valence-corrected chi connectivity index (χ3v) is 3.08. The van der Waals surface area contributed by atoms with E-state index in [1.807, 2.05) is 19.9 Å². The first kappa shape index (κ1) is 14.5. The Balaban J connectivity index is 1.86. The topological polar surface area (TPSA) is 51.5 Å². The van der Waals surface area contributed by atoms with E-state index >= 15 is 0 Å². The molecule has 4 nitrogen and oxygen atoms in total. The van der Waals surface area contributed by atoms with Crippen LogP contribution in [0.2, 0.25) is 5.02 Å². The maximum Gasteiger partial charge on any atom is 0.258 e. The van der Waals surface area contributed by atoms with Gasteiger partial charge in [-0.25, -0.2) is 0 Å². The number of carbonyl (C=O) groups excluding carboxylic acids is 1. The summed E-state index contributed by atoms with van der Waals surface area (Å²) in [5.74, 6) is 1.15. The summed E-state index contributed by atoms with van der Waals surface area (Å²) in [6.07, 6.45) is 1.57. The van der Waals surface area contributed by atoms with E-state index < -0.39 is 0 Å². The highest BCUT2D eigenvalue weighted by atomic mass is 35.5. The van der Waals surface area contributed by atoms with E-state index in [1.165, 1.54) is 0 Å². The molecule has 1 amide bonds. The minimum Gasteiger partial charge on any atom is -0.484 e. The molecule has 1 heterocycles. The standard InChI is InChI=1S/C15H16ClNO3/c1-10-8-12(16)5-6-13(10)20-9-15(18)17-11(2)14-4-3-7-19-14/h3-8,11H,9H2,1-2H3,(H,17,18)/t11-/m0/s1. The van der Waals surface area contributed by atoms with Gasteiger partial charge in [-0.1, -0.05) is 11.6 Å². The smallest absolute Gasteiger partial charge is 0.258 e. The van der Waals surface area contributed by atoms with E-state index in [0.29, 0.717) is 16.5 Å². The Morgan fingerprint density at radius 2 is 2.25 bits per heavy atom. The SMILES string of the molecule is Cc1cc(Cl)ccc1OCC(=O)N[C@@H](C)c1ccco1. The van der Waals surface area contributed by atoms with Gasteiger partial charge in [-0.3, -0.25) is 4.79 Å². The van der Waals surface area contributed by atoms with Gasteiger partial charge in [0.15, 0.2) is 6.61 Å². The van der Waals surface area contributed by atoms with Crippen LogP contribution >= 0.6 is 11.6 Å². The number of furan rings is 1. The highest BCUT2D eigenvalue weighted by Gasteiger charge is 2.12. The lowest BCUT2D eigenvalue weighted by Crippen LogP contribution is -2.31. The Morgan fingerprint density at radius 3 is 2.90 bits per heavy atom. The molecule has 0 radical (unpaired) electrons. The minimum atomic E-state index is -0.205. The zero-order valence-corrected chi connectivity index (χ0v) is 12.1. The van der Waals surface area contributed by atoms with Crippen LogP contribution in [0.5, 0.6) is 5.75 Å². The van der Waals surface area contributed by atoms with Crippen molar-refractivity contribution in [2.24, 2.45) is 0 Å². The lowest BCUT2D eigenvalue weighted by Gasteiger charge is -2.13. The average Bonchev–Trinajstić information content (AvgIpc) is 2.91. The summed E-state index contributed by atoms with van der Waals surface area (Å²) in [4.78, 5) is 11.8. The number of rotatable bonds is 5. The molecule has 1 aromatic carbocycles. The number of nitrogens with one attached hydrogen (secondary N) is 1. The van der Waals surface area contributed by atoms with Gasteiger partial charge in [0.2, 0.25) is 0 Å². The molecule has 0 aliphatic carbocycles. The quantitative estimate of drug-likeness (QED) is 0.918. The van der Waals surface area contributed by atoms with Crippen LogP contribution in [0.3, 0.4) is 0 Å². The van der Waals surface area contributed by atoms with Crippen molar-refractivity contribution in [2.45, 2.75) is 19.9 Å². The van der Waals surface area contributed by atoms with Gasteiger partial charge in [-0.2, -0.15) is 0 Å². The second-order valence-electron chi connectivity index (χ2n) is 4.50. The molecule has 0 fully saturated rings. The summed E-state index contributed by atoms with van der Waals surface area (Å²) < 4.78 is 10.7. The highest BCUT2D eigenvalue weighted by molar-refractivity contribution is 6.30. The number of hydrogen-bond acceptors (Lipinski definition) is 3. The molecule has 0 bridgehead atoms. The van der Waals surface area contributed by atoms with Gasteiger partial charge in [0.25, 0.3) is 5.91 Å². The first-order chi connectivity index (χ1) is 9.56. The molecule has 20 heavy (non-hydrogen) atoms. The van der Waals surface area contributed by atoms with Gasteiger partial charge in [-0.05, 0) is 49.7 Å². The number of aryl methyl sites for hydroxylation is 1. The van der Waals surface area contributed by atoms with Crippen LogP contribution in [0, 0.1) is 6.92 Å². The third-order valence-electron chi connectivity index (χ3n) is 2.84. The van der Waals surface area contributed by atoms with Crippen molar-refractivity contribution < 1.29 is 13.9 Å². The van der Waals surface area contributed by atoms with Crippen LogP contribution in [0.25, 0.3) is 0 Å². The molecule has 0 saturated heterocycles. The maximum atomic E-state index is 11.8. The van der Waals surface area contributed by atoms with Gasteiger partial charge in [0, 0.05) is 5.02 Å². The zero-order chi connectivity index (χ0) is 14.5. The first-order valence-corrected chi connectivity index (χ1v) is 6.66. The van der Waals surface area contributed by atoms with Crippen LogP contribution < -0.4 is 10.1 Å². The van der Waals surface area contributed by atoms with E-state index in [1.54, 1.807) is 30.5 Å². The van der Waals surface area contributed by atoms with Crippen molar-refractivity contribution in [2.75, 3.05) is 6.61 Å². The predicted octanol–water partition coefficient (Wildman–Crippen LogP) is 3.50. The Morgan fingerprint density at radius 1 is 1.45 bits per heavy atom. The minimum absolute atomic E-state index is 0.0481. The molecule has 1 aromatic heterocycles. The second-order valence-corrected chi connectivity index (χ2v) is 4.94. The normalized spacial score (nSPS) is 11.9. The lowest BCUT2D eigenvalue weighted by molar-refractivity contribution is -0.123. The lowest BCUT2D eigenvalue weighted by atomic mass is 10.2. The van der Waals surface area contributed by atoms with E-state index in [0.717, 1.165) is 5.56 Å². The molecule has 1 N–H and O–H groups in total. The summed E-state index contributed by atoms with van der Waals surface area (Å²) in [5, 5.41) is 3.44. The fourth-order valence-electron chi connectivity index (χ4n) is 1.81. The molecule has 0 spiro atoms. The molecule has 0 aliphatic rings. The Labute approximate surface area is 122 Å². The molecule has 0 unspecified atom stereocenters. The number of amides is 1. The Bertz CT molecular complexity index is 581. The molecule has 106 valence electrons. The predicted molar refractivity (Wildman–Crippen MR) is 76.9 cm³/mol. The fraction of sp³-hybridized carbons (Fsp3) is 0.267. The van der Waals surface area contributed by atoms with Crippen LogP contribution in [-0.2, 0) is 4.79 Å². The van der Waals surface area contributed by atoms with Gasteiger partial charge in [0.1, 0.15) is 11.5 Å². The van der Waals surface area contributed by atoms with E-state index in [9.17, 15) is 4.79 Å². The van der Waals surface area contributed by atoms with Gasteiger partial charge >= 0.3 is 0 Å². The molecule has 1 atom stereocenters. The summed E-state index contributed by atoms with van der Waals surface area (Å²) in [5.41, 5.74) is 0.893. The largest absolute Gasteiger partial charge is 0.484 e. The van der Waals surface area contributed by atoms with Crippen molar-refractivity contribution in [1.29, 1.82) is 0 Å². The van der Waals surface area contributed by atoms with Crippen LogP contribution in [0.15, 0.2) is 41.0 Å². The van der Waals surface area contributed by atoms with Gasteiger partial charge in [0.05, 0.1) is 12.3 Å². The monoisotopic (exact) mass is 293 g/mol. The van der Waals surface area contributed by atoms with E-state index in [2.05, 4.69) is 5.32 Å². The van der Waals surface area contributed by atoms with Crippen molar-refractivity contribution in [3.8, 4) is 5.75 Å². The second kappa shape index (κ2) is 6.48. The van der Waals surface area contributed by atoms with Crippen LogP contribution in [-0.4, -0.2) is 12.5 Å². The number of carbonyl (C=O) groups is 1. The molecular weight excluding hydrogens is 278 g/mol.